The van der Waals surface area contributed by atoms with Crippen LogP contribution in [0.25, 0.3) is 10.9 Å². The van der Waals surface area contributed by atoms with E-state index in [1.807, 2.05) is 25.4 Å². The predicted octanol–water partition coefficient (Wildman–Crippen LogP) is 1.55. The van der Waals surface area contributed by atoms with Crippen molar-refractivity contribution in [2.24, 2.45) is 5.92 Å². The highest BCUT2D eigenvalue weighted by Gasteiger charge is 2.26. The second-order valence-electron chi connectivity index (χ2n) is 5.65. The van der Waals surface area contributed by atoms with Gasteiger partial charge < -0.3 is 15.2 Å². The molecule has 22 heavy (non-hydrogen) atoms. The van der Waals surface area contributed by atoms with E-state index in [0.29, 0.717) is 24.7 Å². The molecule has 1 aliphatic heterocycles. The third-order valence-electron chi connectivity index (χ3n) is 3.94. The van der Waals surface area contributed by atoms with Crippen LogP contribution < -0.4 is 10.6 Å². The van der Waals surface area contributed by atoms with E-state index in [2.05, 4.69) is 20.6 Å². The van der Waals surface area contributed by atoms with Gasteiger partial charge in [0.1, 0.15) is 5.82 Å². The minimum Gasteiger partial charge on any atom is -0.360 e. The molecule has 1 saturated heterocycles. The number of hydrogen-bond acceptors (Lipinski definition) is 3. The molecule has 1 aliphatic rings. The smallest absolute Gasteiger partial charge is 0.320 e. The lowest BCUT2D eigenvalue weighted by Crippen LogP contribution is -2.31. The summed E-state index contributed by atoms with van der Waals surface area (Å²) in [5, 5.41) is 6.51. The molecule has 0 aromatic carbocycles. The van der Waals surface area contributed by atoms with Crippen molar-refractivity contribution in [2.75, 3.05) is 25.5 Å². The highest BCUT2D eigenvalue weighted by molar-refractivity contribution is 5.91. The summed E-state index contributed by atoms with van der Waals surface area (Å²) in [6.45, 7) is 1.32. The third-order valence-corrected chi connectivity index (χ3v) is 3.94. The van der Waals surface area contributed by atoms with Crippen molar-refractivity contribution >= 4 is 28.7 Å². The van der Waals surface area contributed by atoms with E-state index in [-0.39, 0.29) is 11.9 Å². The number of hydrogen-bond donors (Lipinski definition) is 3. The van der Waals surface area contributed by atoms with Crippen LogP contribution in [0.5, 0.6) is 0 Å². The van der Waals surface area contributed by atoms with Crippen molar-refractivity contribution in [3.63, 3.8) is 0 Å². The first kappa shape index (κ1) is 14.4. The number of anilines is 1. The molecule has 2 aromatic rings. The van der Waals surface area contributed by atoms with Gasteiger partial charge in [-0.1, -0.05) is 0 Å². The Morgan fingerprint density at radius 2 is 2.41 bits per heavy atom. The molecule has 1 unspecified atom stereocenters. The average molecular weight is 301 g/mol. The summed E-state index contributed by atoms with van der Waals surface area (Å²) in [5.41, 5.74) is 0.931. The Kier molecular flexibility index (Phi) is 3.95. The highest BCUT2D eigenvalue weighted by Crippen LogP contribution is 2.18. The first-order valence-corrected chi connectivity index (χ1v) is 7.34. The first-order chi connectivity index (χ1) is 10.6. The quantitative estimate of drug-likeness (QED) is 0.800. The Bertz CT molecular complexity index is 696. The van der Waals surface area contributed by atoms with E-state index in [0.717, 1.165) is 23.9 Å². The van der Waals surface area contributed by atoms with Gasteiger partial charge >= 0.3 is 6.03 Å². The number of carbonyl (C=O) groups excluding carboxylic acids is 2. The molecule has 7 nitrogen and oxygen atoms in total. The molecule has 116 valence electrons. The van der Waals surface area contributed by atoms with Crippen molar-refractivity contribution in [1.82, 2.24) is 20.2 Å². The molecule has 0 saturated carbocycles. The van der Waals surface area contributed by atoms with E-state index in [1.54, 1.807) is 11.1 Å². The van der Waals surface area contributed by atoms with Crippen molar-refractivity contribution in [3.8, 4) is 0 Å². The maximum Gasteiger partial charge on any atom is 0.320 e. The first-order valence-electron chi connectivity index (χ1n) is 7.34. The lowest BCUT2D eigenvalue weighted by atomic mass is 10.1. The molecule has 3 amide bonds. The largest absolute Gasteiger partial charge is 0.360 e. The molecule has 3 N–H and O–H groups in total. The van der Waals surface area contributed by atoms with E-state index >= 15 is 0 Å². The summed E-state index contributed by atoms with van der Waals surface area (Å²) in [4.78, 5) is 32.2. The molecule has 3 heterocycles. The maximum absolute atomic E-state index is 11.8. The van der Waals surface area contributed by atoms with E-state index < -0.39 is 0 Å². The zero-order valence-electron chi connectivity index (χ0n) is 12.4. The van der Waals surface area contributed by atoms with Crippen LogP contribution >= 0.6 is 0 Å². The number of likely N-dealkylation sites (tertiary alicyclic amines) is 1. The van der Waals surface area contributed by atoms with Crippen LogP contribution in [-0.2, 0) is 4.79 Å². The van der Waals surface area contributed by atoms with Crippen LogP contribution in [0.1, 0.15) is 12.8 Å². The number of rotatable bonds is 4. The fourth-order valence-electron chi connectivity index (χ4n) is 2.72. The summed E-state index contributed by atoms with van der Waals surface area (Å²) in [6, 6.07) is 3.46. The molecule has 0 spiro atoms. The van der Waals surface area contributed by atoms with Crippen LogP contribution in [0.4, 0.5) is 10.6 Å². The number of pyridine rings is 1. The van der Waals surface area contributed by atoms with E-state index in [1.165, 1.54) is 0 Å². The van der Waals surface area contributed by atoms with Crippen molar-refractivity contribution in [2.45, 2.75) is 12.8 Å². The van der Waals surface area contributed by atoms with Gasteiger partial charge in [0.2, 0.25) is 5.91 Å². The maximum atomic E-state index is 11.8. The van der Waals surface area contributed by atoms with Crippen LogP contribution in [-0.4, -0.2) is 46.9 Å². The van der Waals surface area contributed by atoms with Gasteiger partial charge in [0.25, 0.3) is 0 Å². The number of aromatic nitrogens is 2. The van der Waals surface area contributed by atoms with E-state index in [4.69, 9.17) is 0 Å². The fourth-order valence-corrected chi connectivity index (χ4v) is 2.72. The topological polar surface area (TPSA) is 90.1 Å². The van der Waals surface area contributed by atoms with Crippen LogP contribution in [0.3, 0.4) is 0 Å². The van der Waals surface area contributed by atoms with Gasteiger partial charge in [-0.05, 0) is 24.5 Å². The molecular weight excluding hydrogens is 282 g/mol. The number of carbonyl (C=O) groups is 2. The molecule has 0 bridgehead atoms. The normalized spacial score (nSPS) is 18.0. The zero-order chi connectivity index (χ0) is 15.5. The Morgan fingerprint density at radius 3 is 3.18 bits per heavy atom. The van der Waals surface area contributed by atoms with Gasteiger partial charge in [0.15, 0.2) is 0 Å². The predicted molar refractivity (Wildman–Crippen MR) is 83.5 cm³/mol. The second-order valence-corrected chi connectivity index (χ2v) is 5.65. The Labute approximate surface area is 128 Å². The number of nitrogens with zero attached hydrogens (tertiary/aromatic N) is 2. The van der Waals surface area contributed by atoms with Gasteiger partial charge in [-0.2, -0.15) is 0 Å². The number of nitrogens with one attached hydrogen (secondary N) is 3. The fraction of sp³-hybridized carbons (Fsp3) is 0.400. The van der Waals surface area contributed by atoms with Crippen molar-refractivity contribution in [1.29, 1.82) is 0 Å². The molecular formula is C15H19N5O2. The number of H-pyrrole nitrogens is 1. The standard InChI is InChI=1S/C15H19N5O2/c1-20-9-10(6-14(20)21)2-4-17-15(22)19-13-7-11-3-5-16-12(11)8-18-13/h3,5,7-8,10,16H,2,4,6,9H2,1H3,(H2,17,18,19,22). The summed E-state index contributed by atoms with van der Waals surface area (Å²) >= 11 is 0. The molecule has 1 atom stereocenters. The van der Waals surface area contributed by atoms with Crippen LogP contribution in [0, 0.1) is 5.92 Å². The SMILES string of the molecule is CN1CC(CCNC(=O)Nc2cc3cc[nH]c3cn2)CC1=O. The summed E-state index contributed by atoms with van der Waals surface area (Å²) in [7, 11) is 1.81. The molecule has 0 aliphatic carbocycles. The van der Waals surface area contributed by atoms with Crippen LogP contribution in [0.15, 0.2) is 24.5 Å². The number of amides is 3. The highest BCUT2D eigenvalue weighted by atomic mass is 16.2. The Hall–Kier alpha value is -2.57. The minimum absolute atomic E-state index is 0.179. The Balaban J connectivity index is 1.45. The van der Waals surface area contributed by atoms with E-state index in [9.17, 15) is 9.59 Å². The number of aromatic amines is 1. The second kappa shape index (κ2) is 6.05. The molecule has 0 radical (unpaired) electrons. The lowest BCUT2D eigenvalue weighted by molar-refractivity contribution is -0.126. The van der Waals surface area contributed by atoms with Gasteiger partial charge in [0.05, 0.1) is 11.7 Å². The van der Waals surface area contributed by atoms with Gasteiger partial charge in [0, 0.05) is 38.1 Å². The monoisotopic (exact) mass is 301 g/mol. The van der Waals surface area contributed by atoms with Crippen molar-refractivity contribution in [3.05, 3.63) is 24.5 Å². The van der Waals surface area contributed by atoms with Gasteiger partial charge in [-0.15, -0.1) is 0 Å². The lowest BCUT2D eigenvalue weighted by Gasteiger charge is -2.11. The van der Waals surface area contributed by atoms with Crippen LogP contribution in [0.2, 0.25) is 0 Å². The average Bonchev–Trinajstić information content (AvgIpc) is 3.05. The molecule has 3 rings (SSSR count). The molecule has 1 fully saturated rings. The number of fused-ring (bicyclic) bond motifs is 1. The summed E-state index contributed by atoms with van der Waals surface area (Å²) in [6.07, 6.45) is 4.89. The third kappa shape index (κ3) is 3.19. The van der Waals surface area contributed by atoms with Gasteiger partial charge in [-0.3, -0.25) is 10.1 Å². The Morgan fingerprint density at radius 1 is 1.55 bits per heavy atom. The zero-order valence-corrected chi connectivity index (χ0v) is 12.4. The molecule has 7 heteroatoms. The molecule has 2 aromatic heterocycles. The summed E-state index contributed by atoms with van der Waals surface area (Å²) in [5.74, 6) is 1.02. The minimum atomic E-state index is -0.278. The number of urea groups is 1. The van der Waals surface area contributed by atoms with Gasteiger partial charge in [-0.25, -0.2) is 9.78 Å². The summed E-state index contributed by atoms with van der Waals surface area (Å²) < 4.78 is 0. The van der Waals surface area contributed by atoms with Crippen molar-refractivity contribution < 1.29 is 9.59 Å².